The molecule has 0 spiro atoms. The molecule has 0 aliphatic rings. The van der Waals surface area contributed by atoms with Crippen LogP contribution < -0.4 is 11.1 Å². The molecule has 0 aromatic heterocycles. The lowest BCUT2D eigenvalue weighted by atomic mass is 10.1. The van der Waals surface area contributed by atoms with Crippen molar-refractivity contribution in [3.05, 3.63) is 23.8 Å². The average Bonchev–Trinajstić information content (AvgIpc) is 2.33. The lowest BCUT2D eigenvalue weighted by molar-refractivity contribution is 0.367. The Morgan fingerprint density at radius 1 is 1.47 bits per heavy atom. The van der Waals surface area contributed by atoms with Gasteiger partial charge >= 0.3 is 0 Å². The van der Waals surface area contributed by atoms with E-state index in [4.69, 9.17) is 11.0 Å². The first kappa shape index (κ1) is 13.3. The summed E-state index contributed by atoms with van der Waals surface area (Å²) in [6.07, 6.45) is 0.357. The highest BCUT2D eigenvalue weighted by Crippen LogP contribution is 2.17. The maximum absolute atomic E-state index is 8.68. The molecular weight excluding hydrogens is 212 g/mol. The van der Waals surface area contributed by atoms with Gasteiger partial charge in [0.2, 0.25) is 0 Å². The normalized spacial score (nSPS) is 10.2. The van der Waals surface area contributed by atoms with Gasteiger partial charge in [-0.2, -0.15) is 5.26 Å². The van der Waals surface area contributed by atoms with Crippen molar-refractivity contribution in [2.75, 3.05) is 37.7 Å². The highest BCUT2D eigenvalue weighted by atomic mass is 15.1. The molecule has 0 unspecified atom stereocenters. The minimum Gasteiger partial charge on any atom is -0.398 e. The predicted octanol–water partition coefficient (Wildman–Crippen LogP) is 1.70. The highest BCUT2D eigenvalue weighted by molar-refractivity contribution is 5.58. The molecule has 3 N–H and O–H groups in total. The lowest BCUT2D eigenvalue weighted by Crippen LogP contribution is -2.24. The Bertz CT molecular complexity index is 395. The molecule has 1 aromatic carbocycles. The number of benzene rings is 1. The van der Waals surface area contributed by atoms with Crippen molar-refractivity contribution in [3.63, 3.8) is 0 Å². The van der Waals surface area contributed by atoms with Crippen LogP contribution in [0.5, 0.6) is 0 Å². The van der Waals surface area contributed by atoms with E-state index in [0.717, 1.165) is 30.9 Å². The van der Waals surface area contributed by atoms with E-state index >= 15 is 0 Å². The van der Waals surface area contributed by atoms with Gasteiger partial charge in [0.1, 0.15) is 0 Å². The highest BCUT2D eigenvalue weighted by Gasteiger charge is 2.01. The summed E-state index contributed by atoms with van der Waals surface area (Å²) < 4.78 is 0. The fourth-order valence-electron chi connectivity index (χ4n) is 1.50. The first-order valence-corrected chi connectivity index (χ1v) is 5.85. The summed E-state index contributed by atoms with van der Waals surface area (Å²) in [6, 6.07) is 7.86. The van der Waals surface area contributed by atoms with E-state index < -0.39 is 0 Å². The average molecular weight is 232 g/mol. The molecule has 92 valence electrons. The number of hydrogen-bond donors (Lipinski definition) is 2. The molecule has 4 heteroatoms. The van der Waals surface area contributed by atoms with Crippen molar-refractivity contribution >= 4 is 11.4 Å². The smallest absolute Gasteiger partial charge is 0.0670 e. The minimum atomic E-state index is 0.357. The first-order valence-electron chi connectivity index (χ1n) is 5.85. The molecule has 0 heterocycles. The van der Waals surface area contributed by atoms with Crippen LogP contribution in [0.25, 0.3) is 0 Å². The maximum atomic E-state index is 8.68. The maximum Gasteiger partial charge on any atom is 0.0670 e. The van der Waals surface area contributed by atoms with E-state index in [-0.39, 0.29) is 0 Å². The van der Waals surface area contributed by atoms with Gasteiger partial charge in [0.05, 0.1) is 12.5 Å². The van der Waals surface area contributed by atoms with Gasteiger partial charge in [-0.1, -0.05) is 6.92 Å². The molecule has 0 amide bonds. The molecule has 0 bridgehead atoms. The van der Waals surface area contributed by atoms with Gasteiger partial charge in [-0.05, 0) is 37.4 Å². The third-order valence-corrected chi connectivity index (χ3v) is 2.77. The van der Waals surface area contributed by atoms with Crippen LogP contribution in [0.3, 0.4) is 0 Å². The molecule has 1 aromatic rings. The SMILES string of the molecule is CCN(C)CCNc1ccc(N)c(CC#N)c1. The second-order valence-corrected chi connectivity index (χ2v) is 4.07. The molecule has 0 saturated heterocycles. The summed E-state index contributed by atoms with van der Waals surface area (Å²) in [6.45, 7) is 5.06. The molecule has 0 aliphatic heterocycles. The number of hydrogen-bond acceptors (Lipinski definition) is 4. The molecule has 0 radical (unpaired) electrons. The molecule has 4 nitrogen and oxygen atoms in total. The molecule has 17 heavy (non-hydrogen) atoms. The summed E-state index contributed by atoms with van der Waals surface area (Å²) >= 11 is 0. The quantitative estimate of drug-likeness (QED) is 0.733. The molecule has 0 saturated carbocycles. The Morgan fingerprint density at radius 3 is 2.88 bits per heavy atom. The lowest BCUT2D eigenvalue weighted by Gasteiger charge is -2.15. The van der Waals surface area contributed by atoms with Gasteiger partial charge in [0.15, 0.2) is 0 Å². The van der Waals surface area contributed by atoms with Crippen LogP contribution in [-0.2, 0) is 6.42 Å². The second kappa shape index (κ2) is 6.77. The van der Waals surface area contributed by atoms with Gasteiger partial charge in [-0.25, -0.2) is 0 Å². The largest absolute Gasteiger partial charge is 0.398 e. The van der Waals surface area contributed by atoms with Gasteiger partial charge in [0, 0.05) is 24.5 Å². The van der Waals surface area contributed by atoms with Gasteiger partial charge < -0.3 is 16.0 Å². The molecule has 0 aliphatic carbocycles. The number of nitrogen functional groups attached to an aromatic ring is 1. The van der Waals surface area contributed by atoms with E-state index in [1.807, 2.05) is 18.2 Å². The van der Waals surface area contributed by atoms with Crippen molar-refractivity contribution in [1.82, 2.24) is 4.90 Å². The Labute approximate surface area is 103 Å². The zero-order valence-corrected chi connectivity index (χ0v) is 10.5. The molecule has 0 fully saturated rings. The fourth-order valence-corrected chi connectivity index (χ4v) is 1.50. The van der Waals surface area contributed by atoms with Crippen molar-refractivity contribution in [3.8, 4) is 6.07 Å². The summed E-state index contributed by atoms with van der Waals surface area (Å²) in [5, 5.41) is 12.0. The number of rotatable bonds is 6. The summed E-state index contributed by atoms with van der Waals surface area (Å²) in [4.78, 5) is 2.24. The van der Waals surface area contributed by atoms with Crippen molar-refractivity contribution in [2.24, 2.45) is 0 Å². The zero-order valence-electron chi connectivity index (χ0n) is 10.5. The van der Waals surface area contributed by atoms with Crippen LogP contribution in [-0.4, -0.2) is 31.6 Å². The first-order chi connectivity index (χ1) is 8.17. The van der Waals surface area contributed by atoms with Crippen molar-refractivity contribution in [2.45, 2.75) is 13.3 Å². The Morgan fingerprint density at radius 2 is 2.24 bits per heavy atom. The Balaban J connectivity index is 2.54. The number of nitrogens with two attached hydrogens (primary N) is 1. The van der Waals surface area contributed by atoms with Crippen LogP contribution in [0.4, 0.5) is 11.4 Å². The fraction of sp³-hybridized carbons (Fsp3) is 0.462. The van der Waals surface area contributed by atoms with Crippen LogP contribution >= 0.6 is 0 Å². The number of nitrogens with zero attached hydrogens (tertiary/aromatic N) is 2. The third kappa shape index (κ3) is 4.33. The predicted molar refractivity (Wildman–Crippen MR) is 71.8 cm³/mol. The van der Waals surface area contributed by atoms with Gasteiger partial charge in [0.25, 0.3) is 0 Å². The summed E-state index contributed by atoms with van der Waals surface area (Å²) in [7, 11) is 2.09. The van der Waals surface area contributed by atoms with Crippen LogP contribution in [0.2, 0.25) is 0 Å². The van der Waals surface area contributed by atoms with E-state index in [1.165, 1.54) is 0 Å². The third-order valence-electron chi connectivity index (χ3n) is 2.77. The van der Waals surface area contributed by atoms with Gasteiger partial charge in [-0.3, -0.25) is 0 Å². The number of nitrogens with one attached hydrogen (secondary N) is 1. The molecule has 1 rings (SSSR count). The number of anilines is 2. The van der Waals surface area contributed by atoms with E-state index in [2.05, 4.69) is 30.3 Å². The second-order valence-electron chi connectivity index (χ2n) is 4.07. The Kier molecular flexibility index (Phi) is 5.31. The van der Waals surface area contributed by atoms with E-state index in [1.54, 1.807) is 0 Å². The monoisotopic (exact) mass is 232 g/mol. The summed E-state index contributed by atoms with van der Waals surface area (Å²) in [5.41, 5.74) is 8.38. The standard InChI is InChI=1S/C13H20N4/c1-3-17(2)9-8-16-12-4-5-13(15)11(10-12)6-7-14/h4-5,10,16H,3,6,8-9,15H2,1-2H3. The zero-order chi connectivity index (χ0) is 12.7. The molecular formula is C13H20N4. The Hall–Kier alpha value is -1.73. The van der Waals surface area contributed by atoms with Gasteiger partial charge in [-0.15, -0.1) is 0 Å². The summed E-state index contributed by atoms with van der Waals surface area (Å²) in [5.74, 6) is 0. The van der Waals surface area contributed by atoms with E-state index in [9.17, 15) is 0 Å². The number of likely N-dealkylation sites (N-methyl/N-ethyl adjacent to an activating group) is 1. The van der Waals surface area contributed by atoms with Crippen molar-refractivity contribution in [1.29, 1.82) is 5.26 Å². The number of nitriles is 1. The van der Waals surface area contributed by atoms with Crippen LogP contribution in [0.15, 0.2) is 18.2 Å². The minimum absolute atomic E-state index is 0.357. The topological polar surface area (TPSA) is 65.1 Å². The van der Waals surface area contributed by atoms with Crippen LogP contribution in [0, 0.1) is 11.3 Å². The van der Waals surface area contributed by atoms with Crippen LogP contribution in [0.1, 0.15) is 12.5 Å². The van der Waals surface area contributed by atoms with Crippen molar-refractivity contribution < 1.29 is 0 Å². The van der Waals surface area contributed by atoms with E-state index in [0.29, 0.717) is 12.1 Å². The molecule has 0 atom stereocenters.